The molecule has 2 unspecified atom stereocenters. The number of amides is 1. The van der Waals surface area contributed by atoms with Gasteiger partial charge >= 0.3 is 11.9 Å². The van der Waals surface area contributed by atoms with Crippen LogP contribution in [0, 0.1) is 0 Å². The Morgan fingerprint density at radius 1 is 1.09 bits per heavy atom. The fourth-order valence-corrected chi connectivity index (χ4v) is 4.73. The summed E-state index contributed by atoms with van der Waals surface area (Å²) in [6.45, 7) is 1.01. The Labute approximate surface area is 258 Å². The van der Waals surface area contributed by atoms with Crippen molar-refractivity contribution in [1.82, 2.24) is 15.3 Å². The molecule has 45 heavy (non-hydrogen) atoms. The predicted molar refractivity (Wildman–Crippen MR) is 166 cm³/mol. The van der Waals surface area contributed by atoms with Crippen LogP contribution in [0.2, 0.25) is 0 Å². The molecule has 0 spiro atoms. The van der Waals surface area contributed by atoms with Crippen molar-refractivity contribution in [2.24, 2.45) is 0 Å². The minimum absolute atomic E-state index is 0.0384. The van der Waals surface area contributed by atoms with E-state index >= 15 is 0 Å². The van der Waals surface area contributed by atoms with Crippen LogP contribution in [0.25, 0.3) is 0 Å². The number of methoxy groups -OCH3 is 2. The minimum Gasteiger partial charge on any atom is -0.469 e. The van der Waals surface area contributed by atoms with Crippen molar-refractivity contribution in [3.63, 3.8) is 0 Å². The van der Waals surface area contributed by atoms with Gasteiger partial charge in [0.2, 0.25) is 5.95 Å². The number of nitrogen functional groups attached to an aromatic ring is 1. The summed E-state index contributed by atoms with van der Waals surface area (Å²) in [5.74, 6) is -1.48. The van der Waals surface area contributed by atoms with Gasteiger partial charge < -0.3 is 36.5 Å². The van der Waals surface area contributed by atoms with Gasteiger partial charge in [0.25, 0.3) is 21.6 Å². The number of nitrogens with one attached hydrogen (secondary N) is 5. The second kappa shape index (κ2) is 16.1. The van der Waals surface area contributed by atoms with Gasteiger partial charge in [0.15, 0.2) is 5.82 Å². The first-order valence-electron chi connectivity index (χ1n) is 13.6. The van der Waals surface area contributed by atoms with Crippen molar-refractivity contribution in [2.75, 3.05) is 49.0 Å². The first kappa shape index (κ1) is 34.3. The molecule has 0 fully saturated rings. The molecule has 0 radical (unpaired) electrons. The quantitative estimate of drug-likeness (QED) is 0.114. The van der Waals surface area contributed by atoms with Gasteiger partial charge in [-0.2, -0.15) is 13.4 Å². The zero-order valence-corrected chi connectivity index (χ0v) is 25.3. The number of esters is 2. The molecule has 2 heterocycles. The fourth-order valence-electron chi connectivity index (χ4n) is 4.11. The molecule has 1 aromatic heterocycles. The van der Waals surface area contributed by atoms with E-state index in [9.17, 15) is 27.6 Å². The van der Waals surface area contributed by atoms with Crippen LogP contribution in [0.1, 0.15) is 28.8 Å². The van der Waals surface area contributed by atoms with Crippen LogP contribution in [0.5, 0.6) is 0 Å². The van der Waals surface area contributed by atoms with Crippen LogP contribution < -0.4 is 32.6 Å². The molecule has 0 saturated carbocycles. The number of hydrogen-bond acceptors (Lipinski definition) is 13. The van der Waals surface area contributed by atoms with E-state index in [0.717, 1.165) is 5.69 Å². The van der Waals surface area contributed by atoms with Crippen molar-refractivity contribution >= 4 is 51.1 Å². The predicted octanol–water partition coefficient (Wildman–Crippen LogP) is 0.969. The minimum atomic E-state index is -3.88. The van der Waals surface area contributed by atoms with Gasteiger partial charge in [0.1, 0.15) is 17.5 Å². The number of ether oxygens (including phenoxy) is 2. The molecule has 2 aromatic carbocycles. The topological polar surface area (TPSA) is 244 Å². The summed E-state index contributed by atoms with van der Waals surface area (Å²) in [4.78, 5) is 54.4. The monoisotopic (exact) mass is 645 g/mol. The first-order valence-corrected chi connectivity index (χ1v) is 15.2. The summed E-state index contributed by atoms with van der Waals surface area (Å²) in [6.07, 6.45) is 0.0183. The van der Waals surface area contributed by atoms with Crippen LogP contribution in [0.3, 0.4) is 0 Å². The molecule has 0 aliphatic carbocycles. The van der Waals surface area contributed by atoms with E-state index in [4.69, 9.17) is 15.0 Å². The molecule has 16 nitrogen and oxygen atoms in total. The van der Waals surface area contributed by atoms with Crippen LogP contribution >= 0.6 is 0 Å². The maximum absolute atomic E-state index is 12.6. The Morgan fingerprint density at radius 2 is 1.78 bits per heavy atom. The van der Waals surface area contributed by atoms with Crippen molar-refractivity contribution in [1.29, 1.82) is 0 Å². The zero-order chi connectivity index (χ0) is 33.0. The van der Waals surface area contributed by atoms with Crippen LogP contribution in [-0.2, 0) is 34.9 Å². The molecule has 17 heteroatoms. The second-order valence-corrected chi connectivity index (χ2v) is 11.2. The Balaban J connectivity index is 0.000000423. The van der Waals surface area contributed by atoms with Gasteiger partial charge in [-0.05, 0) is 36.2 Å². The second-order valence-electron chi connectivity index (χ2n) is 9.73. The Hall–Kier alpha value is -5.16. The Bertz CT molecular complexity index is 1630. The number of fused-ring (bicyclic) bond motifs is 1. The smallest absolute Gasteiger partial charge is 0.328 e. The molecule has 4 rings (SSSR count). The normalized spacial score (nSPS) is 14.2. The summed E-state index contributed by atoms with van der Waals surface area (Å²) < 4.78 is 38.4. The number of anilines is 4. The van der Waals surface area contributed by atoms with Gasteiger partial charge in [-0.25, -0.2) is 4.79 Å². The lowest BCUT2D eigenvalue weighted by Gasteiger charge is -2.27. The molecule has 242 valence electrons. The number of hydrogen-bond donors (Lipinski definition) is 7. The number of carbonyl (C=O) groups is 3. The summed E-state index contributed by atoms with van der Waals surface area (Å²) in [7, 11) is -1.42. The number of nitrogens with zero attached hydrogens (tertiary/aromatic N) is 1. The highest BCUT2D eigenvalue weighted by atomic mass is 32.2. The number of aromatic amines is 1. The van der Waals surface area contributed by atoms with Gasteiger partial charge in [-0.15, -0.1) is 0 Å². The molecule has 8 N–H and O–H groups in total. The van der Waals surface area contributed by atoms with Crippen molar-refractivity contribution in [3.8, 4) is 0 Å². The van der Waals surface area contributed by atoms with Crippen molar-refractivity contribution in [2.45, 2.75) is 30.7 Å². The number of carbonyl (C=O) groups excluding carboxylic acids is 3. The fraction of sp³-hybridized carbons (Fsp3) is 0.321. The Kier molecular flexibility index (Phi) is 12.3. The summed E-state index contributed by atoms with van der Waals surface area (Å²) >= 11 is 0. The van der Waals surface area contributed by atoms with E-state index < -0.39 is 34.0 Å². The average molecular weight is 646 g/mol. The largest absolute Gasteiger partial charge is 0.469 e. The van der Waals surface area contributed by atoms with Crippen LogP contribution in [-0.4, -0.2) is 80.2 Å². The highest BCUT2D eigenvalue weighted by Gasteiger charge is 2.24. The number of rotatable bonds is 11. The SMILES string of the molecule is COC(=O)CCC(NC(=O)c1ccc(NCC2CNc3nc(N)[nH]c(=O)c3N2)cc1)C(=O)OC.O=S(=O)(O)Cc1ccccc1. The van der Waals surface area contributed by atoms with E-state index in [-0.39, 0.29) is 36.1 Å². The van der Waals surface area contributed by atoms with Gasteiger partial charge in [0, 0.05) is 30.8 Å². The molecule has 3 aromatic rings. The Morgan fingerprint density at radius 3 is 2.40 bits per heavy atom. The standard InChI is InChI=1S/C21H27N7O6.C7H8O3S/c1-33-15(29)8-7-14(20(32)34-2)26-18(30)11-3-5-12(6-4-11)23-9-13-10-24-17-16(25-13)19(31)28-21(22)27-17;8-11(9,10)6-7-4-2-1-3-5-7/h3-6,13-14,23,25H,7-10H2,1-2H3,(H,26,30)(H4,22,24,27,28,31);1-5H,6H2,(H,8,9,10). The number of aromatic nitrogens is 2. The molecule has 0 saturated heterocycles. The lowest BCUT2D eigenvalue weighted by Crippen LogP contribution is -2.42. The number of H-pyrrole nitrogens is 1. The lowest BCUT2D eigenvalue weighted by atomic mass is 10.1. The molecule has 1 aliphatic heterocycles. The number of benzene rings is 2. The van der Waals surface area contributed by atoms with Crippen molar-refractivity contribution in [3.05, 3.63) is 76.1 Å². The molecule has 1 aliphatic rings. The highest BCUT2D eigenvalue weighted by molar-refractivity contribution is 7.85. The molecular weight excluding hydrogens is 610 g/mol. The summed E-state index contributed by atoms with van der Waals surface area (Å²) in [5, 5.41) is 12.0. The van der Waals surface area contributed by atoms with E-state index in [1.165, 1.54) is 14.2 Å². The zero-order valence-electron chi connectivity index (χ0n) is 24.5. The van der Waals surface area contributed by atoms with Gasteiger partial charge in [-0.1, -0.05) is 30.3 Å². The van der Waals surface area contributed by atoms with E-state index in [2.05, 4.69) is 36.0 Å². The molecule has 1 amide bonds. The van der Waals surface area contributed by atoms with E-state index in [0.29, 0.717) is 35.7 Å². The molecule has 2 atom stereocenters. The van der Waals surface area contributed by atoms with E-state index in [1.54, 1.807) is 54.6 Å². The maximum Gasteiger partial charge on any atom is 0.328 e. The molecule has 0 bridgehead atoms. The molecular formula is C28H35N7O9S. The summed E-state index contributed by atoms with van der Waals surface area (Å²) in [5.41, 5.74) is 7.20. The van der Waals surface area contributed by atoms with Gasteiger partial charge in [-0.3, -0.25) is 23.9 Å². The van der Waals surface area contributed by atoms with Crippen LogP contribution in [0.15, 0.2) is 59.4 Å². The third-order valence-electron chi connectivity index (χ3n) is 6.35. The highest BCUT2D eigenvalue weighted by Crippen LogP contribution is 2.20. The third kappa shape index (κ3) is 11.1. The maximum atomic E-state index is 12.6. The summed E-state index contributed by atoms with van der Waals surface area (Å²) in [6, 6.07) is 14.1. The van der Waals surface area contributed by atoms with Crippen LogP contribution in [0.4, 0.5) is 23.1 Å². The number of nitrogens with two attached hydrogens (primary N) is 1. The van der Waals surface area contributed by atoms with Gasteiger partial charge in [0.05, 0.1) is 20.3 Å². The first-order chi connectivity index (χ1) is 21.4. The lowest BCUT2D eigenvalue weighted by molar-refractivity contribution is -0.144. The average Bonchev–Trinajstić information content (AvgIpc) is 3.01. The van der Waals surface area contributed by atoms with Crippen molar-refractivity contribution < 1.29 is 36.8 Å². The van der Waals surface area contributed by atoms with E-state index in [1.807, 2.05) is 0 Å². The third-order valence-corrected chi connectivity index (χ3v) is 7.05.